The molecular formula is C17H28N2O. The summed E-state index contributed by atoms with van der Waals surface area (Å²) < 4.78 is 5.56. The third kappa shape index (κ3) is 3.45. The summed E-state index contributed by atoms with van der Waals surface area (Å²) in [6.45, 7) is 12.5. The molecule has 0 spiro atoms. The Morgan fingerprint density at radius 1 is 1.15 bits per heavy atom. The summed E-state index contributed by atoms with van der Waals surface area (Å²) in [6, 6.07) is 6.66. The molecule has 1 saturated heterocycles. The molecule has 0 N–H and O–H groups in total. The maximum atomic E-state index is 5.56. The van der Waals surface area contributed by atoms with Gasteiger partial charge in [-0.2, -0.15) is 0 Å². The van der Waals surface area contributed by atoms with Crippen LogP contribution in [-0.4, -0.2) is 44.7 Å². The first-order valence-electron chi connectivity index (χ1n) is 7.81. The highest BCUT2D eigenvalue weighted by Crippen LogP contribution is 2.31. The Kier molecular flexibility index (Phi) is 5.30. The van der Waals surface area contributed by atoms with Gasteiger partial charge in [-0.05, 0) is 30.5 Å². The molecule has 0 radical (unpaired) electrons. The predicted molar refractivity (Wildman–Crippen MR) is 86.0 cm³/mol. The topological polar surface area (TPSA) is 15.7 Å². The van der Waals surface area contributed by atoms with E-state index in [1.807, 2.05) is 0 Å². The normalized spacial score (nSPS) is 16.8. The molecule has 0 amide bonds. The second-order valence-electron chi connectivity index (χ2n) is 5.91. The molecule has 0 bridgehead atoms. The van der Waals surface area contributed by atoms with Gasteiger partial charge in [0.1, 0.15) is 5.75 Å². The fourth-order valence-electron chi connectivity index (χ4n) is 2.92. The minimum atomic E-state index is 0.500. The van der Waals surface area contributed by atoms with Crippen molar-refractivity contribution in [1.82, 2.24) is 4.90 Å². The van der Waals surface area contributed by atoms with E-state index in [1.54, 1.807) is 7.11 Å². The van der Waals surface area contributed by atoms with Crippen LogP contribution in [0.1, 0.15) is 38.7 Å². The van der Waals surface area contributed by atoms with E-state index in [1.165, 1.54) is 37.3 Å². The van der Waals surface area contributed by atoms with Crippen molar-refractivity contribution in [3.63, 3.8) is 0 Å². The van der Waals surface area contributed by atoms with Crippen LogP contribution in [0, 0.1) is 0 Å². The number of hydrogen-bond acceptors (Lipinski definition) is 3. The molecule has 0 aromatic heterocycles. The SMILES string of the molecule is CCCN1CCN(c2ccc(C(C)C)c(OC)c2)CC1. The van der Waals surface area contributed by atoms with Gasteiger partial charge in [0.25, 0.3) is 0 Å². The molecule has 0 atom stereocenters. The van der Waals surface area contributed by atoms with E-state index in [0.717, 1.165) is 18.8 Å². The smallest absolute Gasteiger partial charge is 0.124 e. The Balaban J connectivity index is 2.07. The van der Waals surface area contributed by atoms with Crippen molar-refractivity contribution in [2.75, 3.05) is 44.7 Å². The minimum Gasteiger partial charge on any atom is -0.496 e. The van der Waals surface area contributed by atoms with Gasteiger partial charge >= 0.3 is 0 Å². The van der Waals surface area contributed by atoms with Crippen molar-refractivity contribution in [1.29, 1.82) is 0 Å². The fourth-order valence-corrected chi connectivity index (χ4v) is 2.92. The van der Waals surface area contributed by atoms with Crippen LogP contribution >= 0.6 is 0 Å². The van der Waals surface area contributed by atoms with Crippen LogP contribution < -0.4 is 9.64 Å². The minimum absolute atomic E-state index is 0.500. The summed E-state index contributed by atoms with van der Waals surface area (Å²) in [6.07, 6.45) is 1.25. The Hall–Kier alpha value is -1.22. The zero-order valence-electron chi connectivity index (χ0n) is 13.4. The molecule has 0 unspecified atom stereocenters. The molecule has 1 aliphatic heterocycles. The first-order chi connectivity index (χ1) is 9.65. The number of benzene rings is 1. The Morgan fingerprint density at radius 2 is 1.85 bits per heavy atom. The lowest BCUT2D eigenvalue weighted by Crippen LogP contribution is -2.46. The van der Waals surface area contributed by atoms with Gasteiger partial charge in [0.2, 0.25) is 0 Å². The van der Waals surface area contributed by atoms with Crippen LogP contribution in [0.25, 0.3) is 0 Å². The molecule has 1 aliphatic rings. The van der Waals surface area contributed by atoms with Crippen molar-refractivity contribution >= 4 is 5.69 Å². The van der Waals surface area contributed by atoms with E-state index >= 15 is 0 Å². The molecule has 3 heteroatoms. The van der Waals surface area contributed by atoms with Crippen molar-refractivity contribution in [2.45, 2.75) is 33.1 Å². The summed E-state index contributed by atoms with van der Waals surface area (Å²) in [7, 11) is 1.77. The summed E-state index contributed by atoms with van der Waals surface area (Å²) in [5, 5.41) is 0. The van der Waals surface area contributed by atoms with Crippen LogP contribution in [0.15, 0.2) is 18.2 Å². The molecule has 112 valence electrons. The maximum Gasteiger partial charge on any atom is 0.124 e. The van der Waals surface area contributed by atoms with Gasteiger partial charge in [-0.15, -0.1) is 0 Å². The summed E-state index contributed by atoms with van der Waals surface area (Å²) in [5.41, 5.74) is 2.59. The van der Waals surface area contributed by atoms with Gasteiger partial charge in [0.05, 0.1) is 7.11 Å². The lowest BCUT2D eigenvalue weighted by atomic mass is 10.0. The number of piperazine rings is 1. The molecule has 1 aromatic rings. The van der Waals surface area contributed by atoms with Crippen molar-refractivity contribution < 1.29 is 4.74 Å². The molecule has 0 aliphatic carbocycles. The number of rotatable bonds is 5. The van der Waals surface area contributed by atoms with Crippen LogP contribution in [0.5, 0.6) is 5.75 Å². The predicted octanol–water partition coefficient (Wildman–Crippen LogP) is 3.35. The van der Waals surface area contributed by atoms with Gasteiger partial charge in [0.15, 0.2) is 0 Å². The van der Waals surface area contributed by atoms with Crippen LogP contribution in [0.3, 0.4) is 0 Å². The third-order valence-corrected chi connectivity index (χ3v) is 4.12. The van der Waals surface area contributed by atoms with Gasteiger partial charge in [-0.3, -0.25) is 4.90 Å². The Morgan fingerprint density at radius 3 is 2.40 bits per heavy atom. The Bertz CT molecular complexity index is 423. The number of hydrogen-bond donors (Lipinski definition) is 0. The highest BCUT2D eigenvalue weighted by Gasteiger charge is 2.18. The van der Waals surface area contributed by atoms with Crippen molar-refractivity contribution in [2.24, 2.45) is 0 Å². The molecule has 1 aromatic carbocycles. The molecular weight excluding hydrogens is 248 g/mol. The average molecular weight is 276 g/mol. The zero-order valence-corrected chi connectivity index (χ0v) is 13.4. The van der Waals surface area contributed by atoms with Crippen LogP contribution in [0.2, 0.25) is 0 Å². The molecule has 1 fully saturated rings. The second-order valence-corrected chi connectivity index (χ2v) is 5.91. The lowest BCUT2D eigenvalue weighted by molar-refractivity contribution is 0.258. The third-order valence-electron chi connectivity index (χ3n) is 4.12. The first-order valence-corrected chi connectivity index (χ1v) is 7.81. The standard InChI is InChI=1S/C17H28N2O/c1-5-8-18-9-11-19(12-10-18)15-6-7-16(14(2)3)17(13-15)20-4/h6-7,13-14H,5,8-12H2,1-4H3. The number of methoxy groups -OCH3 is 1. The molecule has 1 heterocycles. The second kappa shape index (κ2) is 6.98. The monoisotopic (exact) mass is 276 g/mol. The first kappa shape index (κ1) is 15.2. The number of ether oxygens (including phenoxy) is 1. The maximum absolute atomic E-state index is 5.56. The average Bonchev–Trinajstić information content (AvgIpc) is 2.47. The quantitative estimate of drug-likeness (QED) is 0.820. The van der Waals surface area contributed by atoms with E-state index in [2.05, 4.69) is 48.8 Å². The van der Waals surface area contributed by atoms with E-state index in [-0.39, 0.29) is 0 Å². The van der Waals surface area contributed by atoms with Crippen LogP contribution in [0.4, 0.5) is 5.69 Å². The van der Waals surface area contributed by atoms with Gasteiger partial charge in [-0.25, -0.2) is 0 Å². The fraction of sp³-hybridized carbons (Fsp3) is 0.647. The van der Waals surface area contributed by atoms with Crippen molar-refractivity contribution in [3.05, 3.63) is 23.8 Å². The van der Waals surface area contributed by atoms with Crippen LogP contribution in [-0.2, 0) is 0 Å². The number of anilines is 1. The summed E-state index contributed by atoms with van der Waals surface area (Å²) in [5.74, 6) is 1.52. The molecule has 3 nitrogen and oxygen atoms in total. The molecule has 20 heavy (non-hydrogen) atoms. The van der Waals surface area contributed by atoms with Crippen molar-refractivity contribution in [3.8, 4) is 5.75 Å². The number of nitrogens with zero attached hydrogens (tertiary/aromatic N) is 2. The van der Waals surface area contributed by atoms with E-state index in [4.69, 9.17) is 4.74 Å². The highest BCUT2D eigenvalue weighted by molar-refractivity contribution is 5.54. The largest absolute Gasteiger partial charge is 0.496 e. The van der Waals surface area contributed by atoms with E-state index < -0.39 is 0 Å². The van der Waals surface area contributed by atoms with Gasteiger partial charge < -0.3 is 9.64 Å². The zero-order chi connectivity index (χ0) is 14.5. The van der Waals surface area contributed by atoms with Gasteiger partial charge in [-0.1, -0.05) is 26.8 Å². The Labute approximate surface area is 123 Å². The highest BCUT2D eigenvalue weighted by atomic mass is 16.5. The summed E-state index contributed by atoms with van der Waals surface area (Å²) in [4.78, 5) is 5.02. The molecule has 2 rings (SSSR count). The van der Waals surface area contributed by atoms with E-state index in [0.29, 0.717) is 5.92 Å². The molecule has 0 saturated carbocycles. The van der Waals surface area contributed by atoms with E-state index in [9.17, 15) is 0 Å². The van der Waals surface area contributed by atoms with Gasteiger partial charge in [0, 0.05) is 37.9 Å². The lowest BCUT2D eigenvalue weighted by Gasteiger charge is -2.36. The summed E-state index contributed by atoms with van der Waals surface area (Å²) >= 11 is 0.